The van der Waals surface area contributed by atoms with Gasteiger partial charge < -0.3 is 4.74 Å². The van der Waals surface area contributed by atoms with Crippen LogP contribution in [0.3, 0.4) is 0 Å². The van der Waals surface area contributed by atoms with Gasteiger partial charge in [-0.15, -0.1) is 0 Å². The van der Waals surface area contributed by atoms with Crippen LogP contribution in [0, 0.1) is 0 Å². The lowest BCUT2D eigenvalue weighted by atomic mass is 10.2. The predicted molar refractivity (Wildman–Crippen MR) is 38.3 cm³/mol. The Hall–Kier alpha value is -0.560. The topological polar surface area (TPSA) is 9.23 Å². The van der Waals surface area contributed by atoms with Gasteiger partial charge in [-0.25, -0.2) is 0 Å². The molecule has 1 nitrogen and oxygen atoms in total. The number of hydrogen-bond donors (Lipinski definition) is 0. The van der Waals surface area contributed by atoms with E-state index >= 15 is 0 Å². The van der Waals surface area contributed by atoms with Crippen LogP contribution >= 0.6 is 0 Å². The van der Waals surface area contributed by atoms with Gasteiger partial charge in [0.15, 0.2) is 0 Å². The molecule has 1 fully saturated rings. The molecule has 1 aliphatic heterocycles. The van der Waals surface area contributed by atoms with Crippen LogP contribution in [0.5, 0.6) is 0 Å². The summed E-state index contributed by atoms with van der Waals surface area (Å²) in [5.41, 5.74) is 0. The van der Waals surface area contributed by atoms with Crippen molar-refractivity contribution in [3.63, 3.8) is 0 Å². The Morgan fingerprint density at radius 2 is 2.44 bits per heavy atom. The molecule has 1 aliphatic rings. The van der Waals surface area contributed by atoms with Gasteiger partial charge in [0, 0.05) is 6.61 Å². The molecule has 1 atom stereocenters. The van der Waals surface area contributed by atoms with Crippen molar-refractivity contribution in [1.82, 2.24) is 0 Å². The summed E-state index contributed by atoms with van der Waals surface area (Å²) in [7, 11) is 0. The minimum atomic E-state index is 0.364. The average Bonchev–Trinajstić information content (AvgIpc) is 2.34. The van der Waals surface area contributed by atoms with Gasteiger partial charge in [0.25, 0.3) is 0 Å². The minimum absolute atomic E-state index is 0.364. The second-order valence-electron chi connectivity index (χ2n) is 2.17. The number of allylic oxidation sites excluding steroid dienone is 2. The van der Waals surface area contributed by atoms with E-state index in [1.54, 1.807) is 6.08 Å². The highest BCUT2D eigenvalue weighted by atomic mass is 16.5. The molecule has 0 aliphatic carbocycles. The number of hydrogen-bond acceptors (Lipinski definition) is 1. The van der Waals surface area contributed by atoms with Crippen molar-refractivity contribution in [2.45, 2.75) is 18.9 Å². The van der Waals surface area contributed by atoms with E-state index in [-0.39, 0.29) is 0 Å². The molecule has 0 spiro atoms. The molecule has 0 aromatic carbocycles. The highest BCUT2D eigenvalue weighted by Gasteiger charge is 2.10. The molecule has 0 bridgehead atoms. The smallest absolute Gasteiger partial charge is 0.0759 e. The van der Waals surface area contributed by atoms with Crippen molar-refractivity contribution in [3.8, 4) is 0 Å². The van der Waals surface area contributed by atoms with Crippen LogP contribution in [0.2, 0.25) is 0 Å². The zero-order chi connectivity index (χ0) is 6.53. The van der Waals surface area contributed by atoms with Crippen molar-refractivity contribution in [2.24, 2.45) is 0 Å². The van der Waals surface area contributed by atoms with E-state index < -0.39 is 0 Å². The molecule has 9 heavy (non-hydrogen) atoms. The van der Waals surface area contributed by atoms with Crippen molar-refractivity contribution < 1.29 is 4.74 Å². The molecule has 0 N–H and O–H groups in total. The third-order valence-electron chi connectivity index (χ3n) is 1.43. The minimum Gasteiger partial charge on any atom is -0.374 e. The van der Waals surface area contributed by atoms with Gasteiger partial charge in [-0.05, 0) is 12.8 Å². The van der Waals surface area contributed by atoms with Crippen LogP contribution in [-0.4, -0.2) is 12.7 Å². The Labute approximate surface area is 56.0 Å². The molecule has 0 amide bonds. The molecule has 1 saturated heterocycles. The normalized spacial score (nSPS) is 27.3. The van der Waals surface area contributed by atoms with Gasteiger partial charge in [-0.2, -0.15) is 0 Å². The van der Waals surface area contributed by atoms with Crippen LogP contribution in [0.4, 0.5) is 0 Å². The molecule has 0 aromatic rings. The molecule has 1 heteroatoms. The number of rotatable bonds is 2. The third-order valence-corrected chi connectivity index (χ3v) is 1.43. The van der Waals surface area contributed by atoms with Gasteiger partial charge in [0.2, 0.25) is 0 Å². The van der Waals surface area contributed by atoms with Crippen molar-refractivity contribution >= 4 is 0 Å². The lowest BCUT2D eigenvalue weighted by molar-refractivity contribution is 0.145. The first-order chi connectivity index (χ1) is 4.43. The summed E-state index contributed by atoms with van der Waals surface area (Å²) in [6.07, 6.45) is 8.51. The van der Waals surface area contributed by atoms with Crippen LogP contribution in [0.1, 0.15) is 12.8 Å². The maximum absolute atomic E-state index is 5.32. The Morgan fingerprint density at radius 3 is 3.00 bits per heavy atom. The van der Waals surface area contributed by atoms with E-state index in [0.717, 1.165) is 6.61 Å². The Morgan fingerprint density at radius 1 is 1.56 bits per heavy atom. The van der Waals surface area contributed by atoms with Crippen LogP contribution < -0.4 is 0 Å². The van der Waals surface area contributed by atoms with Crippen molar-refractivity contribution in [1.29, 1.82) is 0 Å². The summed E-state index contributed by atoms with van der Waals surface area (Å²) in [6, 6.07) is 0. The van der Waals surface area contributed by atoms with E-state index in [4.69, 9.17) is 4.74 Å². The second kappa shape index (κ2) is 3.46. The molecule has 0 radical (unpaired) electrons. The van der Waals surface area contributed by atoms with Gasteiger partial charge in [-0.3, -0.25) is 0 Å². The van der Waals surface area contributed by atoms with Gasteiger partial charge in [0.1, 0.15) is 0 Å². The maximum Gasteiger partial charge on any atom is 0.0759 e. The highest BCUT2D eigenvalue weighted by molar-refractivity contribution is 5.01. The fourth-order valence-corrected chi connectivity index (χ4v) is 0.957. The van der Waals surface area contributed by atoms with Crippen molar-refractivity contribution in [2.75, 3.05) is 6.61 Å². The Balaban J connectivity index is 2.25. The molecule has 1 heterocycles. The van der Waals surface area contributed by atoms with E-state index in [9.17, 15) is 0 Å². The first kappa shape index (κ1) is 6.56. The predicted octanol–water partition coefficient (Wildman–Crippen LogP) is 1.91. The standard InChI is InChI=1S/C8H12O/c1-2-3-5-8-6-4-7-9-8/h2-3,5,8H,1,4,6-7H2. The zero-order valence-corrected chi connectivity index (χ0v) is 5.55. The van der Waals surface area contributed by atoms with Crippen LogP contribution in [0.25, 0.3) is 0 Å². The maximum atomic E-state index is 5.32. The molecular formula is C8H12O. The second-order valence-corrected chi connectivity index (χ2v) is 2.17. The van der Waals surface area contributed by atoms with E-state index in [0.29, 0.717) is 6.10 Å². The highest BCUT2D eigenvalue weighted by Crippen LogP contribution is 2.12. The monoisotopic (exact) mass is 124 g/mol. The summed E-state index contributed by atoms with van der Waals surface area (Å²) >= 11 is 0. The van der Waals surface area contributed by atoms with Crippen molar-refractivity contribution in [3.05, 3.63) is 24.8 Å². The molecule has 50 valence electrons. The molecule has 0 aromatic heterocycles. The summed E-state index contributed by atoms with van der Waals surface area (Å²) in [6.45, 7) is 4.50. The molecule has 0 saturated carbocycles. The first-order valence-electron chi connectivity index (χ1n) is 3.34. The largest absolute Gasteiger partial charge is 0.374 e. The SMILES string of the molecule is C=CC=CC1CCCO1. The number of ether oxygens (including phenoxy) is 1. The first-order valence-corrected chi connectivity index (χ1v) is 3.34. The van der Waals surface area contributed by atoms with Crippen LogP contribution in [-0.2, 0) is 4.74 Å². The lowest BCUT2D eigenvalue weighted by Gasteiger charge is -1.98. The zero-order valence-electron chi connectivity index (χ0n) is 5.55. The summed E-state index contributed by atoms with van der Waals surface area (Å²) in [4.78, 5) is 0. The molecular weight excluding hydrogens is 112 g/mol. The summed E-state index contributed by atoms with van der Waals surface area (Å²) in [5.74, 6) is 0. The van der Waals surface area contributed by atoms with E-state index in [1.807, 2.05) is 6.08 Å². The Kier molecular flexibility index (Phi) is 2.52. The van der Waals surface area contributed by atoms with Gasteiger partial charge in [-0.1, -0.05) is 24.8 Å². The van der Waals surface area contributed by atoms with Gasteiger partial charge in [0.05, 0.1) is 6.10 Å². The lowest BCUT2D eigenvalue weighted by Crippen LogP contribution is -1.97. The molecule has 1 rings (SSSR count). The summed E-state index contributed by atoms with van der Waals surface area (Å²) < 4.78 is 5.32. The van der Waals surface area contributed by atoms with Gasteiger partial charge >= 0.3 is 0 Å². The van der Waals surface area contributed by atoms with E-state index in [2.05, 4.69) is 12.7 Å². The third kappa shape index (κ3) is 2.02. The fraction of sp³-hybridized carbons (Fsp3) is 0.500. The average molecular weight is 124 g/mol. The quantitative estimate of drug-likeness (QED) is 0.511. The summed E-state index contributed by atoms with van der Waals surface area (Å²) in [5, 5.41) is 0. The molecule has 1 unspecified atom stereocenters. The van der Waals surface area contributed by atoms with Crippen LogP contribution in [0.15, 0.2) is 24.8 Å². The van der Waals surface area contributed by atoms with E-state index in [1.165, 1.54) is 12.8 Å². The fourth-order valence-electron chi connectivity index (χ4n) is 0.957. The Bertz CT molecular complexity index is 110.